The van der Waals surface area contributed by atoms with Gasteiger partial charge < -0.3 is 0 Å². The molecular weight excluding hydrogens is 552 g/mol. The largest absolute Gasteiger partial charge is 0.289 e. The lowest BCUT2D eigenvalue weighted by Crippen LogP contribution is -2.29. The lowest BCUT2D eigenvalue weighted by molar-refractivity contribution is 0.0910. The van der Waals surface area contributed by atoms with Crippen molar-refractivity contribution >= 4 is 62.3 Å². The second-order valence-electron chi connectivity index (χ2n) is 10.8. The van der Waals surface area contributed by atoms with Crippen molar-refractivity contribution in [2.24, 2.45) is 0 Å². The smallest absolute Gasteiger partial charge is 0.266 e. The van der Waals surface area contributed by atoms with E-state index in [0.29, 0.717) is 11.4 Å². The maximum Gasteiger partial charge on any atom is 0.266 e. The van der Waals surface area contributed by atoms with E-state index in [1.807, 2.05) is 60.7 Å². The molecule has 0 saturated carbocycles. The van der Waals surface area contributed by atoms with E-state index in [-0.39, 0.29) is 33.4 Å². The van der Waals surface area contributed by atoms with Crippen LogP contribution in [0.1, 0.15) is 57.4 Å². The summed E-state index contributed by atoms with van der Waals surface area (Å²) in [6.45, 7) is 0. The minimum Gasteiger partial charge on any atom is -0.289 e. The first-order chi connectivity index (χ1) is 21.4. The van der Waals surface area contributed by atoms with Gasteiger partial charge in [0.15, 0.2) is 5.78 Å². The van der Waals surface area contributed by atoms with E-state index in [0.717, 1.165) is 31.3 Å². The summed E-state index contributed by atoms with van der Waals surface area (Å²) in [5, 5.41) is 3.74. The van der Waals surface area contributed by atoms with Gasteiger partial charge in [0, 0.05) is 11.1 Å². The Balaban J connectivity index is 1.10. The zero-order chi connectivity index (χ0) is 30.1. The Hall–Kier alpha value is -6.21. The van der Waals surface area contributed by atoms with Crippen molar-refractivity contribution in [3.05, 3.63) is 155 Å². The van der Waals surface area contributed by atoms with Crippen molar-refractivity contribution in [3.63, 3.8) is 0 Å². The number of rotatable bonds is 4. The standard InChI is InChI=1S/C37H20N2O5/c40-33(25-11-15-29-31(19-25)36(43)38(34(29)41)27-13-9-21-5-1-3-7-23(21)17-27)26-12-16-30-32(20-26)37(44)39(35(30)42)28-14-10-22-6-2-4-8-24(22)18-28/h1-20H. The molecule has 0 saturated heterocycles. The molecule has 0 unspecified atom stereocenters. The SMILES string of the molecule is O=C(c1ccc2c(c1)C(=O)N(c1ccc3ccccc3c1)C2=O)c1ccc2c(c1)C(=O)N(c1ccc3ccccc3c1)C2=O. The summed E-state index contributed by atoms with van der Waals surface area (Å²) in [6, 6.07) is 34.8. The molecule has 44 heavy (non-hydrogen) atoms. The molecular formula is C37H20N2O5. The van der Waals surface area contributed by atoms with Gasteiger partial charge in [-0.1, -0.05) is 72.8 Å². The van der Waals surface area contributed by atoms with Crippen LogP contribution in [0.4, 0.5) is 11.4 Å². The molecule has 7 heteroatoms. The van der Waals surface area contributed by atoms with Gasteiger partial charge in [-0.2, -0.15) is 0 Å². The number of carbonyl (C=O) groups excluding carboxylic acids is 5. The quantitative estimate of drug-likeness (QED) is 0.171. The van der Waals surface area contributed by atoms with E-state index < -0.39 is 29.4 Å². The molecule has 208 valence electrons. The highest BCUT2D eigenvalue weighted by Gasteiger charge is 2.39. The lowest BCUT2D eigenvalue weighted by atomic mass is 9.96. The number of hydrogen-bond acceptors (Lipinski definition) is 5. The minimum atomic E-state index is -0.518. The number of amides is 4. The molecule has 7 nitrogen and oxygen atoms in total. The number of carbonyl (C=O) groups is 5. The summed E-state index contributed by atoms with van der Waals surface area (Å²) in [6.07, 6.45) is 0. The van der Waals surface area contributed by atoms with Gasteiger partial charge >= 0.3 is 0 Å². The highest BCUT2D eigenvalue weighted by atomic mass is 16.2. The second-order valence-corrected chi connectivity index (χ2v) is 10.8. The first-order valence-corrected chi connectivity index (χ1v) is 14.0. The van der Waals surface area contributed by atoms with Crippen molar-refractivity contribution in [1.82, 2.24) is 0 Å². The van der Waals surface area contributed by atoms with Crippen molar-refractivity contribution in [3.8, 4) is 0 Å². The number of ketones is 1. The molecule has 2 aliphatic heterocycles. The maximum atomic E-state index is 13.6. The van der Waals surface area contributed by atoms with Gasteiger partial charge in [0.25, 0.3) is 23.6 Å². The molecule has 0 N–H and O–H groups in total. The summed E-state index contributed by atoms with van der Waals surface area (Å²) in [4.78, 5) is 69.2. The lowest BCUT2D eigenvalue weighted by Gasteiger charge is -2.14. The van der Waals surface area contributed by atoms with Gasteiger partial charge in [0.05, 0.1) is 33.6 Å². The predicted octanol–water partition coefficient (Wildman–Crippen LogP) is 6.83. The number of hydrogen-bond donors (Lipinski definition) is 0. The number of fused-ring (bicyclic) bond motifs is 4. The highest BCUT2D eigenvalue weighted by Crippen LogP contribution is 2.34. The Labute approximate surface area is 250 Å². The molecule has 4 amide bonds. The molecule has 6 aromatic carbocycles. The van der Waals surface area contributed by atoms with Crippen LogP contribution in [0.15, 0.2) is 121 Å². The minimum absolute atomic E-state index is 0.129. The van der Waals surface area contributed by atoms with E-state index in [1.165, 1.54) is 36.4 Å². The molecule has 0 spiro atoms. The van der Waals surface area contributed by atoms with E-state index >= 15 is 0 Å². The average Bonchev–Trinajstić information content (AvgIpc) is 3.46. The monoisotopic (exact) mass is 572 g/mol. The van der Waals surface area contributed by atoms with Crippen LogP contribution in [0.5, 0.6) is 0 Å². The topological polar surface area (TPSA) is 91.8 Å². The molecule has 0 bridgehead atoms. The number of imide groups is 2. The zero-order valence-electron chi connectivity index (χ0n) is 23.0. The highest BCUT2D eigenvalue weighted by molar-refractivity contribution is 6.36. The van der Waals surface area contributed by atoms with Gasteiger partial charge in [0.2, 0.25) is 0 Å². The van der Waals surface area contributed by atoms with E-state index in [1.54, 1.807) is 24.3 Å². The Morgan fingerprint density at radius 3 is 1.20 bits per heavy atom. The van der Waals surface area contributed by atoms with Crippen molar-refractivity contribution in [1.29, 1.82) is 0 Å². The third-order valence-electron chi connectivity index (χ3n) is 8.28. The van der Waals surface area contributed by atoms with Crippen molar-refractivity contribution < 1.29 is 24.0 Å². The number of nitrogens with zero attached hydrogens (tertiary/aromatic N) is 2. The molecule has 0 atom stereocenters. The van der Waals surface area contributed by atoms with E-state index in [4.69, 9.17) is 0 Å². The van der Waals surface area contributed by atoms with E-state index in [9.17, 15) is 24.0 Å². The zero-order valence-corrected chi connectivity index (χ0v) is 23.0. The predicted molar refractivity (Wildman–Crippen MR) is 166 cm³/mol. The van der Waals surface area contributed by atoms with Gasteiger partial charge in [0.1, 0.15) is 0 Å². The summed E-state index contributed by atoms with van der Waals surface area (Å²) >= 11 is 0. The fourth-order valence-corrected chi connectivity index (χ4v) is 6.03. The number of anilines is 2. The third-order valence-corrected chi connectivity index (χ3v) is 8.28. The summed E-state index contributed by atoms with van der Waals surface area (Å²) < 4.78 is 0. The van der Waals surface area contributed by atoms with Crippen LogP contribution in [0.2, 0.25) is 0 Å². The molecule has 6 aromatic rings. The molecule has 0 radical (unpaired) electrons. The Bertz CT molecular complexity index is 2140. The summed E-state index contributed by atoms with van der Waals surface area (Å²) in [5.74, 6) is -2.40. The Morgan fingerprint density at radius 2 is 0.773 bits per heavy atom. The maximum absolute atomic E-state index is 13.6. The summed E-state index contributed by atoms with van der Waals surface area (Å²) in [7, 11) is 0. The van der Waals surface area contributed by atoms with Crippen LogP contribution < -0.4 is 9.80 Å². The fourth-order valence-electron chi connectivity index (χ4n) is 6.03. The van der Waals surface area contributed by atoms with Crippen molar-refractivity contribution in [2.45, 2.75) is 0 Å². The summed E-state index contributed by atoms with van der Waals surface area (Å²) in [5.41, 5.74) is 1.94. The first kappa shape index (κ1) is 25.5. The second kappa shape index (κ2) is 9.40. The van der Waals surface area contributed by atoms with Gasteiger partial charge in [-0.3, -0.25) is 24.0 Å². The first-order valence-electron chi connectivity index (χ1n) is 14.0. The molecule has 2 heterocycles. The van der Waals surface area contributed by atoms with Crippen LogP contribution >= 0.6 is 0 Å². The van der Waals surface area contributed by atoms with Crippen LogP contribution in [0, 0.1) is 0 Å². The molecule has 2 aliphatic rings. The van der Waals surface area contributed by atoms with Gasteiger partial charge in [-0.15, -0.1) is 0 Å². The van der Waals surface area contributed by atoms with Crippen LogP contribution in [-0.4, -0.2) is 29.4 Å². The van der Waals surface area contributed by atoms with E-state index in [2.05, 4.69) is 0 Å². The fraction of sp³-hybridized carbons (Fsp3) is 0. The molecule has 0 aliphatic carbocycles. The van der Waals surface area contributed by atoms with Crippen LogP contribution in [-0.2, 0) is 0 Å². The normalized spacial score (nSPS) is 14.1. The molecule has 0 aromatic heterocycles. The average molecular weight is 573 g/mol. The van der Waals surface area contributed by atoms with Gasteiger partial charge in [-0.25, -0.2) is 9.80 Å². The Morgan fingerprint density at radius 1 is 0.386 bits per heavy atom. The van der Waals surface area contributed by atoms with Crippen molar-refractivity contribution in [2.75, 3.05) is 9.80 Å². The van der Waals surface area contributed by atoms with Gasteiger partial charge in [-0.05, 0) is 70.1 Å². The third kappa shape index (κ3) is 3.73. The molecule has 8 rings (SSSR count). The number of benzene rings is 6. The Kier molecular flexibility index (Phi) is 5.45. The van der Waals surface area contributed by atoms with Crippen LogP contribution in [0.25, 0.3) is 21.5 Å². The van der Waals surface area contributed by atoms with Crippen LogP contribution in [0.3, 0.4) is 0 Å². The molecule has 0 fully saturated rings.